The molecule has 1 aromatic heterocycles. The van der Waals surface area contributed by atoms with Gasteiger partial charge < -0.3 is 20.1 Å². The minimum Gasteiger partial charge on any atom is -0.497 e. The van der Waals surface area contributed by atoms with Crippen LogP contribution in [0.2, 0.25) is 0 Å². The maximum Gasteiger partial charge on any atom is 0.191 e. The lowest BCUT2D eigenvalue weighted by atomic mass is 10.1. The van der Waals surface area contributed by atoms with Crippen molar-refractivity contribution in [1.29, 1.82) is 0 Å². The second kappa shape index (κ2) is 10.7. The molecule has 7 nitrogen and oxygen atoms in total. The van der Waals surface area contributed by atoms with Crippen LogP contribution < -0.4 is 15.4 Å². The predicted molar refractivity (Wildman–Crippen MR) is 113 cm³/mol. The number of nitrogens with one attached hydrogen (secondary N) is 2. The molecule has 0 saturated heterocycles. The van der Waals surface area contributed by atoms with E-state index in [0.717, 1.165) is 29.4 Å². The molecular formula is C21H33N5O2. The summed E-state index contributed by atoms with van der Waals surface area (Å²) in [7, 11) is 5.43. The zero-order chi connectivity index (χ0) is 20.5. The minimum absolute atomic E-state index is 0.241. The van der Waals surface area contributed by atoms with Gasteiger partial charge in [0.25, 0.3) is 0 Å². The molecule has 7 heteroatoms. The van der Waals surface area contributed by atoms with E-state index < -0.39 is 0 Å². The minimum atomic E-state index is 0.241. The molecule has 1 atom stereocenters. The lowest BCUT2D eigenvalue weighted by Gasteiger charge is -2.18. The molecule has 0 aliphatic carbocycles. The zero-order valence-electron chi connectivity index (χ0n) is 17.9. The third-order valence-corrected chi connectivity index (χ3v) is 4.72. The molecule has 154 valence electrons. The molecule has 0 saturated carbocycles. The molecule has 0 radical (unpaired) electrons. The third-order valence-electron chi connectivity index (χ3n) is 4.72. The van der Waals surface area contributed by atoms with Crippen molar-refractivity contribution in [3.8, 4) is 5.75 Å². The Morgan fingerprint density at radius 1 is 1.32 bits per heavy atom. The number of methoxy groups -OCH3 is 1. The van der Waals surface area contributed by atoms with Crippen molar-refractivity contribution in [3.05, 3.63) is 46.8 Å². The highest BCUT2D eigenvalue weighted by molar-refractivity contribution is 5.79. The molecule has 0 fully saturated rings. The van der Waals surface area contributed by atoms with Crippen LogP contribution in [0, 0.1) is 13.8 Å². The Kier molecular flexibility index (Phi) is 8.32. The van der Waals surface area contributed by atoms with Crippen molar-refractivity contribution in [3.63, 3.8) is 0 Å². The Balaban J connectivity index is 1.72. The average Bonchev–Trinajstić information content (AvgIpc) is 2.93. The number of guanidine groups is 1. The highest BCUT2D eigenvalue weighted by Gasteiger charge is 2.13. The van der Waals surface area contributed by atoms with Gasteiger partial charge in [0.2, 0.25) is 0 Å². The van der Waals surface area contributed by atoms with Crippen molar-refractivity contribution >= 4 is 5.96 Å². The fraction of sp³-hybridized carbons (Fsp3) is 0.524. The summed E-state index contributed by atoms with van der Waals surface area (Å²) in [5.41, 5.74) is 4.68. The van der Waals surface area contributed by atoms with E-state index in [0.29, 0.717) is 19.8 Å². The molecular weight excluding hydrogens is 354 g/mol. The van der Waals surface area contributed by atoms with E-state index in [1.165, 1.54) is 11.3 Å². The molecule has 0 aliphatic heterocycles. The van der Waals surface area contributed by atoms with Crippen molar-refractivity contribution in [1.82, 2.24) is 20.4 Å². The first-order valence-corrected chi connectivity index (χ1v) is 9.61. The van der Waals surface area contributed by atoms with Gasteiger partial charge in [-0.3, -0.25) is 9.67 Å². The second-order valence-corrected chi connectivity index (χ2v) is 6.93. The fourth-order valence-corrected chi connectivity index (χ4v) is 3.09. The van der Waals surface area contributed by atoms with Crippen LogP contribution in [0.15, 0.2) is 29.3 Å². The Bertz CT molecular complexity index is 785. The Labute approximate surface area is 168 Å². The van der Waals surface area contributed by atoms with Gasteiger partial charge in [0, 0.05) is 32.4 Å². The summed E-state index contributed by atoms with van der Waals surface area (Å²) in [4.78, 5) is 4.30. The monoisotopic (exact) mass is 387 g/mol. The van der Waals surface area contributed by atoms with Gasteiger partial charge in [-0.2, -0.15) is 5.10 Å². The zero-order valence-corrected chi connectivity index (χ0v) is 17.9. The lowest BCUT2D eigenvalue weighted by Crippen LogP contribution is -2.44. The molecule has 1 unspecified atom stereocenters. The second-order valence-electron chi connectivity index (χ2n) is 6.93. The highest BCUT2D eigenvalue weighted by Crippen LogP contribution is 2.14. The van der Waals surface area contributed by atoms with Gasteiger partial charge in [-0.05, 0) is 50.5 Å². The molecule has 0 spiro atoms. The maximum absolute atomic E-state index is 5.74. The Hall–Kier alpha value is -2.54. The van der Waals surface area contributed by atoms with Gasteiger partial charge in [0.05, 0.1) is 26.0 Å². The highest BCUT2D eigenvalue weighted by atomic mass is 16.5. The molecule has 2 aromatic rings. The topological polar surface area (TPSA) is 72.7 Å². The number of rotatable bonds is 9. The number of aryl methyl sites for hydroxylation is 2. The Morgan fingerprint density at radius 2 is 2.11 bits per heavy atom. The van der Waals surface area contributed by atoms with E-state index in [4.69, 9.17) is 9.47 Å². The van der Waals surface area contributed by atoms with E-state index in [1.54, 1.807) is 14.2 Å². The van der Waals surface area contributed by atoms with Gasteiger partial charge in [0.1, 0.15) is 5.75 Å². The standard InChI is InChI=1S/C21H33N5O2/c1-15(12-20-16(2)25-26(5)17(20)3)24-21(22-4)23-10-11-28-14-18-8-7-9-19(13-18)27-6/h7-9,13,15H,10-12,14H2,1-6H3,(H2,22,23,24). The SMILES string of the molecule is CN=C(NCCOCc1cccc(OC)c1)NC(C)Cc1c(C)nn(C)c1C. The van der Waals surface area contributed by atoms with E-state index in [-0.39, 0.29) is 6.04 Å². The van der Waals surface area contributed by atoms with E-state index in [1.807, 2.05) is 36.0 Å². The van der Waals surface area contributed by atoms with Crippen LogP contribution in [0.4, 0.5) is 0 Å². The first-order chi connectivity index (χ1) is 13.4. The van der Waals surface area contributed by atoms with E-state index in [9.17, 15) is 0 Å². The maximum atomic E-state index is 5.74. The largest absolute Gasteiger partial charge is 0.497 e. The number of hydrogen-bond donors (Lipinski definition) is 2. The van der Waals surface area contributed by atoms with Crippen LogP contribution in [-0.4, -0.2) is 49.1 Å². The van der Waals surface area contributed by atoms with Crippen molar-refractivity contribution in [2.45, 2.75) is 39.8 Å². The summed E-state index contributed by atoms with van der Waals surface area (Å²) >= 11 is 0. The number of hydrogen-bond acceptors (Lipinski definition) is 4. The van der Waals surface area contributed by atoms with Gasteiger partial charge in [-0.25, -0.2) is 0 Å². The van der Waals surface area contributed by atoms with Crippen LogP contribution in [0.5, 0.6) is 5.75 Å². The summed E-state index contributed by atoms with van der Waals surface area (Å²) in [5.74, 6) is 1.62. The van der Waals surface area contributed by atoms with Crippen LogP contribution >= 0.6 is 0 Å². The van der Waals surface area contributed by atoms with Crippen LogP contribution in [0.25, 0.3) is 0 Å². The molecule has 0 bridgehead atoms. The molecule has 1 aromatic carbocycles. The molecule has 2 N–H and O–H groups in total. The summed E-state index contributed by atoms with van der Waals surface area (Å²) in [5, 5.41) is 11.2. The van der Waals surface area contributed by atoms with Crippen LogP contribution in [0.3, 0.4) is 0 Å². The number of aromatic nitrogens is 2. The number of aliphatic imine (C=N–C) groups is 1. The first kappa shape index (κ1) is 21.8. The summed E-state index contributed by atoms with van der Waals surface area (Å²) in [6, 6.07) is 8.15. The summed E-state index contributed by atoms with van der Waals surface area (Å²) < 4.78 is 12.9. The number of nitrogens with zero attached hydrogens (tertiary/aromatic N) is 3. The van der Waals surface area contributed by atoms with Gasteiger partial charge >= 0.3 is 0 Å². The lowest BCUT2D eigenvalue weighted by molar-refractivity contribution is 0.125. The van der Waals surface area contributed by atoms with Gasteiger partial charge in [-0.15, -0.1) is 0 Å². The van der Waals surface area contributed by atoms with E-state index in [2.05, 4.69) is 41.5 Å². The molecule has 1 heterocycles. The van der Waals surface area contributed by atoms with Gasteiger partial charge in [-0.1, -0.05) is 12.1 Å². The van der Waals surface area contributed by atoms with Crippen molar-refractivity contribution < 1.29 is 9.47 Å². The smallest absolute Gasteiger partial charge is 0.191 e. The molecule has 2 rings (SSSR count). The van der Waals surface area contributed by atoms with E-state index >= 15 is 0 Å². The predicted octanol–water partition coefficient (Wildman–Crippen LogP) is 2.36. The van der Waals surface area contributed by atoms with Gasteiger partial charge in [0.15, 0.2) is 5.96 Å². The van der Waals surface area contributed by atoms with Crippen LogP contribution in [0.1, 0.15) is 29.4 Å². The molecule has 28 heavy (non-hydrogen) atoms. The summed E-state index contributed by atoms with van der Waals surface area (Å²) in [6.07, 6.45) is 0.901. The Morgan fingerprint density at radius 3 is 2.75 bits per heavy atom. The number of ether oxygens (including phenoxy) is 2. The quantitative estimate of drug-likeness (QED) is 0.393. The normalized spacial score (nSPS) is 12.7. The van der Waals surface area contributed by atoms with Crippen molar-refractivity contribution in [2.75, 3.05) is 27.3 Å². The fourth-order valence-electron chi connectivity index (χ4n) is 3.09. The first-order valence-electron chi connectivity index (χ1n) is 9.61. The van der Waals surface area contributed by atoms with Crippen LogP contribution in [-0.2, 0) is 24.8 Å². The summed E-state index contributed by atoms with van der Waals surface area (Å²) in [6.45, 7) is 8.14. The van der Waals surface area contributed by atoms with Crippen molar-refractivity contribution in [2.24, 2.45) is 12.0 Å². The molecule has 0 amide bonds. The average molecular weight is 388 g/mol. The number of benzene rings is 1. The molecule has 0 aliphatic rings. The third kappa shape index (κ3) is 6.27.